The van der Waals surface area contributed by atoms with E-state index in [-0.39, 0.29) is 24.8 Å². The SMILES string of the molecule is C[C@H]1CCC[C@H](C)N1C(=O)CSc1nnnn1-c1ccc2c(c1)OCO2. The third kappa shape index (κ3) is 3.23. The van der Waals surface area contributed by atoms with Crippen molar-refractivity contribution in [3.63, 3.8) is 0 Å². The Hall–Kier alpha value is -2.29. The number of aromatic nitrogens is 4. The van der Waals surface area contributed by atoms with Gasteiger partial charge in [-0.2, -0.15) is 4.68 Å². The van der Waals surface area contributed by atoms with Crippen molar-refractivity contribution in [2.75, 3.05) is 12.5 Å². The van der Waals surface area contributed by atoms with Crippen LogP contribution in [0.5, 0.6) is 11.5 Å². The van der Waals surface area contributed by atoms with Crippen LogP contribution in [0.25, 0.3) is 5.69 Å². The molecule has 3 heterocycles. The Morgan fingerprint density at radius 1 is 1.23 bits per heavy atom. The number of likely N-dealkylation sites (tertiary alicyclic amines) is 1. The van der Waals surface area contributed by atoms with Gasteiger partial charge in [0, 0.05) is 18.2 Å². The topological polar surface area (TPSA) is 82.4 Å². The van der Waals surface area contributed by atoms with E-state index in [2.05, 4.69) is 29.4 Å². The molecular formula is C17H21N5O3S. The zero-order valence-corrected chi connectivity index (χ0v) is 15.6. The highest BCUT2D eigenvalue weighted by Gasteiger charge is 2.29. The number of piperidine rings is 1. The van der Waals surface area contributed by atoms with E-state index in [9.17, 15) is 4.79 Å². The third-order valence-corrected chi connectivity index (χ3v) is 5.75. The number of nitrogens with zero attached hydrogens (tertiary/aromatic N) is 5. The highest BCUT2D eigenvalue weighted by Crippen LogP contribution is 2.34. The van der Waals surface area contributed by atoms with Crippen LogP contribution in [0.4, 0.5) is 0 Å². The zero-order valence-electron chi connectivity index (χ0n) is 14.8. The normalized spacial score (nSPS) is 21.8. The van der Waals surface area contributed by atoms with Gasteiger partial charge in [-0.1, -0.05) is 11.8 Å². The molecule has 1 fully saturated rings. The smallest absolute Gasteiger partial charge is 0.233 e. The molecule has 8 nitrogen and oxygen atoms in total. The summed E-state index contributed by atoms with van der Waals surface area (Å²) in [6.07, 6.45) is 3.31. The van der Waals surface area contributed by atoms with E-state index >= 15 is 0 Å². The molecule has 0 unspecified atom stereocenters. The van der Waals surface area contributed by atoms with Crippen LogP contribution >= 0.6 is 11.8 Å². The molecule has 0 spiro atoms. The molecule has 1 aromatic carbocycles. The number of benzene rings is 1. The van der Waals surface area contributed by atoms with Crippen molar-refractivity contribution in [1.29, 1.82) is 0 Å². The van der Waals surface area contributed by atoms with Crippen LogP contribution < -0.4 is 9.47 Å². The van der Waals surface area contributed by atoms with Crippen molar-refractivity contribution in [2.45, 2.75) is 50.4 Å². The summed E-state index contributed by atoms with van der Waals surface area (Å²) in [5, 5.41) is 12.4. The van der Waals surface area contributed by atoms with Crippen molar-refractivity contribution >= 4 is 17.7 Å². The molecule has 9 heteroatoms. The average Bonchev–Trinajstić information content (AvgIpc) is 3.28. The fraction of sp³-hybridized carbons (Fsp3) is 0.529. The minimum atomic E-state index is 0.134. The number of rotatable bonds is 4. The van der Waals surface area contributed by atoms with Crippen LogP contribution in [-0.2, 0) is 4.79 Å². The van der Waals surface area contributed by atoms with E-state index in [4.69, 9.17) is 9.47 Å². The van der Waals surface area contributed by atoms with Gasteiger partial charge in [0.2, 0.25) is 17.9 Å². The molecule has 2 atom stereocenters. The summed E-state index contributed by atoms with van der Waals surface area (Å²) < 4.78 is 12.3. The van der Waals surface area contributed by atoms with Gasteiger partial charge in [0.05, 0.1) is 11.4 Å². The Morgan fingerprint density at radius 3 is 2.81 bits per heavy atom. The molecule has 138 valence electrons. The van der Waals surface area contributed by atoms with Gasteiger partial charge in [-0.3, -0.25) is 4.79 Å². The maximum atomic E-state index is 12.7. The summed E-state index contributed by atoms with van der Waals surface area (Å²) in [6, 6.07) is 6.10. The lowest BCUT2D eigenvalue weighted by atomic mass is 9.98. The number of amides is 1. The fourth-order valence-electron chi connectivity index (χ4n) is 3.56. The Bertz CT molecular complexity index is 801. The molecule has 0 N–H and O–H groups in total. The summed E-state index contributed by atoms with van der Waals surface area (Å²) in [4.78, 5) is 14.7. The molecule has 26 heavy (non-hydrogen) atoms. The number of thioether (sulfide) groups is 1. The van der Waals surface area contributed by atoms with E-state index < -0.39 is 0 Å². The van der Waals surface area contributed by atoms with Crippen LogP contribution in [0.15, 0.2) is 23.4 Å². The Kier molecular flexibility index (Phi) is 4.71. The lowest BCUT2D eigenvalue weighted by Gasteiger charge is -2.39. The molecule has 0 saturated carbocycles. The molecule has 2 aromatic rings. The molecule has 1 aromatic heterocycles. The maximum Gasteiger partial charge on any atom is 0.233 e. The summed E-state index contributed by atoms with van der Waals surface area (Å²) >= 11 is 1.35. The maximum absolute atomic E-state index is 12.7. The molecule has 1 saturated heterocycles. The van der Waals surface area contributed by atoms with Crippen molar-refractivity contribution in [1.82, 2.24) is 25.1 Å². The summed E-state index contributed by atoms with van der Waals surface area (Å²) in [6.45, 7) is 4.46. The monoisotopic (exact) mass is 375 g/mol. The van der Waals surface area contributed by atoms with Crippen molar-refractivity contribution < 1.29 is 14.3 Å². The quantitative estimate of drug-likeness (QED) is 0.758. The minimum absolute atomic E-state index is 0.134. The molecule has 1 amide bonds. The second-order valence-corrected chi connectivity index (χ2v) is 7.57. The van der Waals surface area contributed by atoms with E-state index in [0.29, 0.717) is 22.4 Å². The summed E-state index contributed by atoms with van der Waals surface area (Å²) in [5.74, 6) is 1.83. The van der Waals surface area contributed by atoms with Crippen molar-refractivity contribution in [2.24, 2.45) is 0 Å². The Morgan fingerprint density at radius 2 is 2.00 bits per heavy atom. The van der Waals surface area contributed by atoms with Crippen molar-refractivity contribution in [3.05, 3.63) is 18.2 Å². The third-order valence-electron chi connectivity index (χ3n) is 4.85. The molecule has 2 aliphatic heterocycles. The van der Waals surface area contributed by atoms with Crippen molar-refractivity contribution in [3.8, 4) is 17.2 Å². The first-order chi connectivity index (χ1) is 12.6. The first-order valence-electron chi connectivity index (χ1n) is 8.76. The Balaban J connectivity index is 1.47. The Labute approximate surface area is 155 Å². The number of hydrogen-bond acceptors (Lipinski definition) is 7. The number of tetrazole rings is 1. The van der Waals surface area contributed by atoms with Crippen LogP contribution in [0, 0.1) is 0 Å². The predicted molar refractivity (Wildman–Crippen MR) is 95.6 cm³/mol. The number of carbonyl (C=O) groups excluding carboxylic acids is 1. The lowest BCUT2D eigenvalue weighted by molar-refractivity contribution is -0.134. The number of fused-ring (bicyclic) bond motifs is 1. The van der Waals surface area contributed by atoms with Gasteiger partial charge >= 0.3 is 0 Å². The molecular weight excluding hydrogens is 354 g/mol. The summed E-state index contributed by atoms with van der Waals surface area (Å²) in [7, 11) is 0. The highest BCUT2D eigenvalue weighted by molar-refractivity contribution is 7.99. The first-order valence-corrected chi connectivity index (χ1v) is 9.74. The van der Waals surface area contributed by atoms with E-state index in [1.807, 2.05) is 23.1 Å². The molecule has 0 bridgehead atoms. The molecule has 0 aliphatic carbocycles. The lowest BCUT2D eigenvalue weighted by Crippen LogP contribution is -2.48. The van der Waals surface area contributed by atoms with Gasteiger partial charge in [0.15, 0.2) is 11.5 Å². The zero-order chi connectivity index (χ0) is 18.1. The van der Waals surface area contributed by atoms with Gasteiger partial charge in [0.25, 0.3) is 0 Å². The standard InChI is InChI=1S/C17H21N5O3S/c1-11-4-3-5-12(2)21(11)16(23)9-26-17-18-19-20-22(17)13-6-7-14-15(8-13)25-10-24-14/h6-8,11-12H,3-5,9-10H2,1-2H3/t11-,12-/m0/s1. The second kappa shape index (κ2) is 7.14. The van der Waals surface area contributed by atoms with Gasteiger partial charge < -0.3 is 14.4 Å². The second-order valence-electron chi connectivity index (χ2n) is 6.63. The highest BCUT2D eigenvalue weighted by atomic mass is 32.2. The van der Waals surface area contributed by atoms with E-state index in [1.165, 1.54) is 18.2 Å². The molecule has 0 radical (unpaired) electrons. The summed E-state index contributed by atoms with van der Waals surface area (Å²) in [5.41, 5.74) is 0.772. The largest absolute Gasteiger partial charge is 0.454 e. The van der Waals surface area contributed by atoms with Crippen LogP contribution in [0.1, 0.15) is 33.1 Å². The average molecular weight is 375 g/mol. The number of carbonyl (C=O) groups is 1. The van der Waals surface area contributed by atoms with Crippen LogP contribution in [-0.4, -0.2) is 55.6 Å². The molecule has 2 aliphatic rings. The van der Waals surface area contributed by atoms with E-state index in [1.54, 1.807) is 4.68 Å². The number of hydrogen-bond donors (Lipinski definition) is 0. The van der Waals surface area contributed by atoms with Gasteiger partial charge in [-0.05, 0) is 55.7 Å². The van der Waals surface area contributed by atoms with Crippen LogP contribution in [0.3, 0.4) is 0 Å². The van der Waals surface area contributed by atoms with Crippen LogP contribution in [0.2, 0.25) is 0 Å². The van der Waals surface area contributed by atoms with Gasteiger partial charge in [-0.25, -0.2) is 0 Å². The number of ether oxygens (including phenoxy) is 2. The first kappa shape index (κ1) is 17.1. The van der Waals surface area contributed by atoms with Gasteiger partial charge in [0.1, 0.15) is 0 Å². The minimum Gasteiger partial charge on any atom is -0.454 e. The van der Waals surface area contributed by atoms with E-state index in [0.717, 1.165) is 18.5 Å². The van der Waals surface area contributed by atoms with Gasteiger partial charge in [-0.15, -0.1) is 5.10 Å². The predicted octanol–water partition coefficient (Wildman–Crippen LogP) is 2.27. The molecule has 4 rings (SSSR count). The fourth-order valence-corrected chi connectivity index (χ4v) is 4.32.